The molecule has 0 aromatic carbocycles. The molecule has 0 spiro atoms. The zero-order chi connectivity index (χ0) is 15.7. The van der Waals surface area contributed by atoms with Crippen molar-refractivity contribution in [1.29, 1.82) is 0 Å². The maximum Gasteiger partial charge on any atom is 0.359 e. The van der Waals surface area contributed by atoms with E-state index in [1.165, 1.54) is 5.38 Å². The first-order valence-electron chi connectivity index (χ1n) is 5.78. The standard InChI is InChI=1S/C9H13N3O6S3/c1-18-9(13)8-7(6-19-11-8)21(16,17)12-3-2-10-20(14,15)5-4-12/h6,10H,2-5H2,1H3. The predicted molar refractivity (Wildman–Crippen MR) is 74.0 cm³/mol. The van der Waals surface area contributed by atoms with E-state index in [0.717, 1.165) is 22.9 Å². The van der Waals surface area contributed by atoms with Gasteiger partial charge in [-0.15, -0.1) is 0 Å². The summed E-state index contributed by atoms with van der Waals surface area (Å²) < 4.78 is 59.4. The van der Waals surface area contributed by atoms with E-state index in [-0.39, 0.29) is 36.0 Å². The second-order valence-electron chi connectivity index (χ2n) is 4.14. The van der Waals surface area contributed by atoms with Crippen molar-refractivity contribution in [2.24, 2.45) is 0 Å². The Kier molecular flexibility index (Phi) is 4.63. The molecule has 0 aliphatic carbocycles. The summed E-state index contributed by atoms with van der Waals surface area (Å²) in [6, 6.07) is 0. The third-order valence-corrected chi connectivity index (χ3v) is 6.88. The van der Waals surface area contributed by atoms with Gasteiger partial charge < -0.3 is 4.74 Å². The van der Waals surface area contributed by atoms with E-state index in [0.29, 0.717) is 0 Å². The number of hydrogen-bond donors (Lipinski definition) is 1. The number of hydrogen-bond acceptors (Lipinski definition) is 8. The lowest BCUT2D eigenvalue weighted by Gasteiger charge is -2.18. The van der Waals surface area contributed by atoms with Gasteiger partial charge in [0, 0.05) is 25.0 Å². The molecule has 0 amide bonds. The summed E-state index contributed by atoms with van der Waals surface area (Å²) in [5, 5.41) is 1.23. The van der Waals surface area contributed by atoms with Crippen LogP contribution < -0.4 is 4.72 Å². The molecule has 2 heterocycles. The van der Waals surface area contributed by atoms with Gasteiger partial charge in [-0.05, 0) is 11.5 Å². The van der Waals surface area contributed by atoms with Crippen LogP contribution in [0.25, 0.3) is 0 Å². The molecule has 118 valence electrons. The molecule has 2 rings (SSSR count). The summed E-state index contributed by atoms with van der Waals surface area (Å²) in [5.41, 5.74) is -0.289. The highest BCUT2D eigenvalue weighted by molar-refractivity contribution is 7.90. The largest absolute Gasteiger partial charge is 0.464 e. The third-order valence-electron chi connectivity index (χ3n) is 2.83. The van der Waals surface area contributed by atoms with E-state index in [2.05, 4.69) is 13.8 Å². The van der Waals surface area contributed by atoms with Crippen LogP contribution in [-0.2, 0) is 24.8 Å². The molecular weight excluding hydrogens is 342 g/mol. The van der Waals surface area contributed by atoms with Crippen molar-refractivity contribution >= 4 is 37.5 Å². The molecule has 0 saturated carbocycles. The summed E-state index contributed by atoms with van der Waals surface area (Å²) in [6.07, 6.45) is 0. The highest BCUT2D eigenvalue weighted by atomic mass is 32.2. The number of rotatable bonds is 3. The van der Waals surface area contributed by atoms with E-state index < -0.39 is 26.0 Å². The molecule has 1 aliphatic heterocycles. The zero-order valence-electron chi connectivity index (χ0n) is 11.0. The minimum absolute atomic E-state index is 0.0159. The third kappa shape index (κ3) is 3.40. The molecule has 1 aromatic rings. The molecule has 12 heteroatoms. The van der Waals surface area contributed by atoms with Gasteiger partial charge in [-0.25, -0.2) is 26.4 Å². The van der Waals surface area contributed by atoms with E-state index >= 15 is 0 Å². The minimum atomic E-state index is -4.00. The molecule has 1 N–H and O–H groups in total. The van der Waals surface area contributed by atoms with Crippen molar-refractivity contribution in [1.82, 2.24) is 13.4 Å². The highest BCUT2D eigenvalue weighted by Gasteiger charge is 2.33. The summed E-state index contributed by atoms with van der Waals surface area (Å²) in [4.78, 5) is 11.3. The lowest BCUT2D eigenvalue weighted by molar-refractivity contribution is 0.0590. The second kappa shape index (κ2) is 5.96. The molecule has 1 aliphatic rings. The van der Waals surface area contributed by atoms with Gasteiger partial charge in [0.15, 0.2) is 5.69 Å². The van der Waals surface area contributed by atoms with Gasteiger partial charge in [0.25, 0.3) is 0 Å². The fourth-order valence-electron chi connectivity index (χ4n) is 1.76. The van der Waals surface area contributed by atoms with Crippen LogP contribution in [-0.4, -0.2) is 64.0 Å². The Balaban J connectivity index is 2.35. The minimum Gasteiger partial charge on any atom is -0.464 e. The lowest BCUT2D eigenvalue weighted by atomic mass is 10.4. The molecule has 9 nitrogen and oxygen atoms in total. The number of carbonyl (C=O) groups is 1. The van der Waals surface area contributed by atoms with Gasteiger partial charge >= 0.3 is 5.97 Å². The van der Waals surface area contributed by atoms with E-state index in [4.69, 9.17) is 0 Å². The van der Waals surface area contributed by atoms with Crippen LogP contribution in [0.5, 0.6) is 0 Å². The van der Waals surface area contributed by atoms with Crippen LogP contribution in [0.1, 0.15) is 10.5 Å². The topological polar surface area (TPSA) is 123 Å². The Morgan fingerprint density at radius 2 is 2.19 bits per heavy atom. The van der Waals surface area contributed by atoms with Crippen molar-refractivity contribution < 1.29 is 26.4 Å². The van der Waals surface area contributed by atoms with Crippen molar-refractivity contribution in [2.75, 3.05) is 32.5 Å². The molecule has 0 radical (unpaired) electrons. The van der Waals surface area contributed by atoms with Crippen molar-refractivity contribution in [2.45, 2.75) is 4.90 Å². The van der Waals surface area contributed by atoms with Crippen LogP contribution in [0.4, 0.5) is 0 Å². The lowest BCUT2D eigenvalue weighted by Crippen LogP contribution is -2.35. The molecular formula is C9H13N3O6S3. The number of sulfonamides is 2. The average Bonchev–Trinajstić information content (AvgIpc) is 2.84. The normalized spacial score (nSPS) is 19.9. The fraction of sp³-hybridized carbons (Fsp3) is 0.556. The van der Waals surface area contributed by atoms with Crippen LogP contribution in [0.15, 0.2) is 10.3 Å². The second-order valence-corrected chi connectivity index (χ2v) is 8.60. The SMILES string of the molecule is COC(=O)c1nscc1S(=O)(=O)N1CCNS(=O)(=O)CC1. The van der Waals surface area contributed by atoms with Gasteiger partial charge in [0.2, 0.25) is 20.0 Å². The Morgan fingerprint density at radius 3 is 2.86 bits per heavy atom. The van der Waals surface area contributed by atoms with Crippen molar-refractivity contribution in [3.63, 3.8) is 0 Å². The van der Waals surface area contributed by atoms with Gasteiger partial charge in [-0.2, -0.15) is 8.68 Å². The Bertz CT molecular complexity index is 739. The van der Waals surface area contributed by atoms with Crippen molar-refractivity contribution in [3.8, 4) is 0 Å². The molecule has 1 saturated heterocycles. The number of methoxy groups -OCH3 is 1. The number of esters is 1. The van der Waals surface area contributed by atoms with Crippen LogP contribution >= 0.6 is 11.5 Å². The van der Waals surface area contributed by atoms with E-state index in [9.17, 15) is 21.6 Å². The molecule has 0 atom stereocenters. The maximum atomic E-state index is 12.5. The van der Waals surface area contributed by atoms with E-state index in [1.807, 2.05) is 0 Å². The maximum absolute atomic E-state index is 12.5. The van der Waals surface area contributed by atoms with Gasteiger partial charge in [0.05, 0.1) is 12.9 Å². The monoisotopic (exact) mass is 355 g/mol. The number of aromatic nitrogens is 1. The summed E-state index contributed by atoms with van der Waals surface area (Å²) >= 11 is 0.815. The number of nitrogens with one attached hydrogen (secondary N) is 1. The van der Waals surface area contributed by atoms with E-state index in [1.54, 1.807) is 0 Å². The van der Waals surface area contributed by atoms with Crippen LogP contribution in [0.2, 0.25) is 0 Å². The van der Waals surface area contributed by atoms with Gasteiger partial charge in [-0.3, -0.25) is 0 Å². The van der Waals surface area contributed by atoms with Gasteiger partial charge in [0.1, 0.15) is 4.90 Å². The Hall–Kier alpha value is -1.08. The van der Waals surface area contributed by atoms with Crippen LogP contribution in [0.3, 0.4) is 0 Å². The first-order chi connectivity index (χ1) is 9.78. The highest BCUT2D eigenvalue weighted by Crippen LogP contribution is 2.22. The molecule has 0 unspecified atom stereocenters. The van der Waals surface area contributed by atoms with Crippen molar-refractivity contribution in [3.05, 3.63) is 11.1 Å². The van der Waals surface area contributed by atoms with Crippen LogP contribution in [0, 0.1) is 0 Å². The first kappa shape index (κ1) is 16.3. The smallest absolute Gasteiger partial charge is 0.359 e. The first-order valence-corrected chi connectivity index (χ1v) is 9.71. The number of carbonyl (C=O) groups excluding carboxylic acids is 1. The summed E-state index contributed by atoms with van der Waals surface area (Å²) in [7, 11) is -6.35. The average molecular weight is 355 g/mol. The number of ether oxygens (including phenoxy) is 1. The zero-order valence-corrected chi connectivity index (χ0v) is 13.4. The molecule has 1 fully saturated rings. The Morgan fingerprint density at radius 1 is 1.48 bits per heavy atom. The predicted octanol–water partition coefficient (Wildman–Crippen LogP) is -1.15. The quantitative estimate of drug-likeness (QED) is 0.679. The summed E-state index contributed by atoms with van der Waals surface area (Å²) in [6.45, 7) is -0.223. The molecule has 21 heavy (non-hydrogen) atoms. The molecule has 0 bridgehead atoms. The summed E-state index contributed by atoms with van der Waals surface area (Å²) in [5.74, 6) is -1.19. The number of nitrogens with zero attached hydrogens (tertiary/aromatic N) is 2. The van der Waals surface area contributed by atoms with Gasteiger partial charge in [-0.1, -0.05) is 0 Å². The Labute approximate surface area is 126 Å². The molecule has 1 aromatic heterocycles. The fourth-order valence-corrected chi connectivity index (χ4v) is 5.41.